The molecule has 0 aliphatic rings. The zero-order chi connectivity index (χ0) is 13.5. The van der Waals surface area contributed by atoms with Gasteiger partial charge in [-0.25, -0.2) is 4.79 Å². The number of likely N-dealkylation sites (N-methyl/N-ethyl adjacent to an activating group) is 1. The van der Waals surface area contributed by atoms with Gasteiger partial charge in [0.05, 0.1) is 18.8 Å². The number of nitrogens with one attached hydrogen (secondary N) is 1. The van der Waals surface area contributed by atoms with Crippen LogP contribution in [-0.2, 0) is 13.5 Å². The van der Waals surface area contributed by atoms with Crippen LogP contribution in [0, 0.1) is 0 Å². The fourth-order valence-corrected chi connectivity index (χ4v) is 1.54. The Morgan fingerprint density at radius 1 is 1.67 bits per heavy atom. The highest BCUT2D eigenvalue weighted by Crippen LogP contribution is 2.00. The molecule has 1 aromatic heterocycles. The number of urea groups is 1. The second kappa shape index (κ2) is 7.00. The topological polar surface area (TPSA) is 70.4 Å². The fraction of sp³-hybridized carbons (Fsp3) is 0.667. The molecule has 0 saturated heterocycles. The molecule has 1 atom stereocenters. The highest BCUT2D eigenvalue weighted by Gasteiger charge is 2.13. The standard InChI is InChI=1S/C12H22N4O2/c1-10(9-17)16(3)12(18)13-6-4-5-11-7-14-15(2)8-11/h7-8,10,17H,4-6,9H2,1-3H3,(H,13,18). The lowest BCUT2D eigenvalue weighted by Gasteiger charge is -2.23. The summed E-state index contributed by atoms with van der Waals surface area (Å²) in [5, 5.41) is 15.9. The Morgan fingerprint density at radius 2 is 2.39 bits per heavy atom. The van der Waals surface area contributed by atoms with Gasteiger partial charge < -0.3 is 15.3 Å². The van der Waals surface area contributed by atoms with Crippen LogP contribution in [-0.4, -0.2) is 52.1 Å². The van der Waals surface area contributed by atoms with Crippen molar-refractivity contribution in [2.24, 2.45) is 7.05 Å². The van der Waals surface area contributed by atoms with Gasteiger partial charge in [0.15, 0.2) is 0 Å². The van der Waals surface area contributed by atoms with Crippen molar-refractivity contribution in [3.63, 3.8) is 0 Å². The van der Waals surface area contributed by atoms with Crippen LogP contribution in [0.2, 0.25) is 0 Å². The van der Waals surface area contributed by atoms with Crippen LogP contribution in [0.15, 0.2) is 12.4 Å². The van der Waals surface area contributed by atoms with E-state index in [9.17, 15) is 4.79 Å². The molecule has 0 fully saturated rings. The van der Waals surface area contributed by atoms with Crippen molar-refractivity contribution >= 4 is 6.03 Å². The summed E-state index contributed by atoms with van der Waals surface area (Å²) in [4.78, 5) is 13.2. The van der Waals surface area contributed by atoms with Crippen molar-refractivity contribution in [2.75, 3.05) is 20.2 Å². The summed E-state index contributed by atoms with van der Waals surface area (Å²) in [5.41, 5.74) is 1.17. The first-order chi connectivity index (χ1) is 8.54. The Balaban J connectivity index is 2.19. The van der Waals surface area contributed by atoms with Gasteiger partial charge in [-0.2, -0.15) is 5.10 Å². The molecule has 0 bridgehead atoms. The molecular weight excluding hydrogens is 232 g/mol. The Kier molecular flexibility index (Phi) is 5.64. The molecule has 1 rings (SSSR count). The molecule has 0 aromatic carbocycles. The molecule has 18 heavy (non-hydrogen) atoms. The minimum absolute atomic E-state index is 0.0282. The summed E-state index contributed by atoms with van der Waals surface area (Å²) >= 11 is 0. The quantitative estimate of drug-likeness (QED) is 0.721. The number of hydrogen-bond acceptors (Lipinski definition) is 3. The summed E-state index contributed by atoms with van der Waals surface area (Å²) < 4.78 is 1.77. The molecule has 1 unspecified atom stereocenters. The molecule has 6 heteroatoms. The summed E-state index contributed by atoms with van der Waals surface area (Å²) in [6.45, 7) is 2.39. The predicted molar refractivity (Wildman–Crippen MR) is 69.2 cm³/mol. The minimum atomic E-state index is -0.164. The number of amides is 2. The summed E-state index contributed by atoms with van der Waals surface area (Å²) in [6, 6.07) is -0.314. The maximum atomic E-state index is 11.6. The van der Waals surface area contributed by atoms with Gasteiger partial charge in [-0.05, 0) is 25.3 Å². The van der Waals surface area contributed by atoms with Crippen LogP contribution < -0.4 is 5.32 Å². The average Bonchev–Trinajstić information content (AvgIpc) is 2.78. The number of nitrogens with zero attached hydrogens (tertiary/aromatic N) is 3. The Hall–Kier alpha value is -1.56. The number of hydrogen-bond donors (Lipinski definition) is 2. The lowest BCUT2D eigenvalue weighted by molar-refractivity contribution is 0.157. The van der Waals surface area contributed by atoms with Crippen LogP contribution in [0.25, 0.3) is 0 Å². The summed E-state index contributed by atoms with van der Waals surface area (Å²) in [6.07, 6.45) is 5.58. The maximum absolute atomic E-state index is 11.6. The second-order valence-corrected chi connectivity index (χ2v) is 4.50. The highest BCUT2D eigenvalue weighted by molar-refractivity contribution is 5.74. The molecule has 1 heterocycles. The third-order valence-electron chi connectivity index (χ3n) is 2.92. The van der Waals surface area contributed by atoms with E-state index in [0.717, 1.165) is 12.8 Å². The average molecular weight is 254 g/mol. The van der Waals surface area contributed by atoms with Crippen LogP contribution in [0.4, 0.5) is 4.79 Å². The molecule has 2 amide bonds. The van der Waals surface area contributed by atoms with Crippen LogP contribution in [0.5, 0.6) is 0 Å². The molecule has 0 spiro atoms. The van der Waals surface area contributed by atoms with Gasteiger partial charge in [0.1, 0.15) is 0 Å². The fourth-order valence-electron chi connectivity index (χ4n) is 1.54. The first-order valence-corrected chi connectivity index (χ1v) is 6.13. The van der Waals surface area contributed by atoms with E-state index >= 15 is 0 Å². The molecule has 0 saturated carbocycles. The van der Waals surface area contributed by atoms with E-state index in [1.807, 2.05) is 19.4 Å². The molecule has 6 nitrogen and oxygen atoms in total. The number of aliphatic hydroxyl groups excluding tert-OH is 1. The van der Waals surface area contributed by atoms with E-state index in [-0.39, 0.29) is 18.7 Å². The van der Waals surface area contributed by atoms with Crippen molar-refractivity contribution < 1.29 is 9.90 Å². The van der Waals surface area contributed by atoms with Crippen molar-refractivity contribution in [3.8, 4) is 0 Å². The molecule has 2 N–H and O–H groups in total. The number of rotatable bonds is 6. The summed E-state index contributed by atoms with van der Waals surface area (Å²) in [5.74, 6) is 0. The van der Waals surface area contributed by atoms with E-state index in [2.05, 4.69) is 10.4 Å². The monoisotopic (exact) mass is 254 g/mol. The van der Waals surface area contributed by atoms with Gasteiger partial charge in [-0.1, -0.05) is 0 Å². The van der Waals surface area contributed by atoms with Crippen LogP contribution in [0.3, 0.4) is 0 Å². The second-order valence-electron chi connectivity index (χ2n) is 4.50. The van der Waals surface area contributed by atoms with Crippen molar-refractivity contribution in [3.05, 3.63) is 18.0 Å². The van der Waals surface area contributed by atoms with E-state index in [1.54, 1.807) is 18.7 Å². The Bertz CT molecular complexity index is 378. The first-order valence-electron chi connectivity index (χ1n) is 6.13. The molecule has 0 aliphatic heterocycles. The number of aryl methyl sites for hydroxylation is 2. The van der Waals surface area contributed by atoms with Crippen molar-refractivity contribution in [2.45, 2.75) is 25.8 Å². The van der Waals surface area contributed by atoms with Gasteiger partial charge in [-0.15, -0.1) is 0 Å². The maximum Gasteiger partial charge on any atom is 0.317 e. The SMILES string of the molecule is CC(CO)N(C)C(=O)NCCCc1cnn(C)c1. The third-order valence-corrected chi connectivity index (χ3v) is 2.92. The summed E-state index contributed by atoms with van der Waals surface area (Å²) in [7, 11) is 3.56. The zero-order valence-corrected chi connectivity index (χ0v) is 11.3. The number of carbonyl (C=O) groups is 1. The first kappa shape index (κ1) is 14.5. The zero-order valence-electron chi connectivity index (χ0n) is 11.3. The van der Waals surface area contributed by atoms with Gasteiger partial charge >= 0.3 is 6.03 Å². The van der Waals surface area contributed by atoms with Crippen LogP contribution >= 0.6 is 0 Å². The van der Waals surface area contributed by atoms with Crippen LogP contribution in [0.1, 0.15) is 18.9 Å². The molecule has 1 aromatic rings. The van der Waals surface area contributed by atoms with Gasteiger partial charge in [0, 0.05) is 26.8 Å². The smallest absolute Gasteiger partial charge is 0.317 e. The number of aliphatic hydroxyl groups is 1. The number of carbonyl (C=O) groups excluding carboxylic acids is 1. The lowest BCUT2D eigenvalue weighted by Crippen LogP contribution is -2.44. The van der Waals surface area contributed by atoms with Crippen molar-refractivity contribution in [1.82, 2.24) is 20.0 Å². The third kappa shape index (κ3) is 4.37. The molecule has 0 aliphatic carbocycles. The van der Waals surface area contributed by atoms with E-state index < -0.39 is 0 Å². The van der Waals surface area contributed by atoms with E-state index in [4.69, 9.17) is 5.11 Å². The minimum Gasteiger partial charge on any atom is -0.394 e. The van der Waals surface area contributed by atoms with E-state index in [0.29, 0.717) is 6.54 Å². The molecular formula is C12H22N4O2. The molecule has 0 radical (unpaired) electrons. The number of aromatic nitrogens is 2. The largest absolute Gasteiger partial charge is 0.394 e. The normalized spacial score (nSPS) is 12.2. The Labute approximate surface area is 108 Å². The Morgan fingerprint density at radius 3 is 2.94 bits per heavy atom. The molecule has 102 valence electrons. The van der Waals surface area contributed by atoms with Gasteiger partial charge in [-0.3, -0.25) is 4.68 Å². The van der Waals surface area contributed by atoms with Crippen molar-refractivity contribution in [1.29, 1.82) is 0 Å². The van der Waals surface area contributed by atoms with Gasteiger partial charge in [0.2, 0.25) is 0 Å². The predicted octanol–water partition coefficient (Wildman–Crippen LogP) is 0.375. The highest BCUT2D eigenvalue weighted by atomic mass is 16.3. The lowest BCUT2D eigenvalue weighted by atomic mass is 10.2. The van der Waals surface area contributed by atoms with E-state index in [1.165, 1.54) is 10.5 Å². The van der Waals surface area contributed by atoms with Gasteiger partial charge in [0.25, 0.3) is 0 Å².